The number of benzene rings is 1. The smallest absolute Gasteiger partial charge is 0.406 e. The Hall–Kier alpha value is -3.09. The highest BCUT2D eigenvalue weighted by Crippen LogP contribution is 2.24. The van der Waals surface area contributed by atoms with Crippen molar-refractivity contribution in [3.8, 4) is 11.8 Å². The molecule has 0 bridgehead atoms. The minimum absolute atomic E-state index is 0.0567. The van der Waals surface area contributed by atoms with E-state index in [1.165, 1.54) is 12.1 Å². The number of hydrogen-bond donors (Lipinski definition) is 1. The predicted molar refractivity (Wildman–Crippen MR) is 86.5 cm³/mol. The first-order valence-corrected chi connectivity index (χ1v) is 7.98. The van der Waals surface area contributed by atoms with Crippen LogP contribution in [-0.4, -0.2) is 26.8 Å². The second-order valence-electron chi connectivity index (χ2n) is 5.66. The summed E-state index contributed by atoms with van der Waals surface area (Å²) in [6, 6.07) is 7.01. The Balaban J connectivity index is 1.75. The van der Waals surface area contributed by atoms with Gasteiger partial charge in [0, 0.05) is 13.0 Å². The monoisotopic (exact) mass is 364 g/mol. The molecule has 0 saturated carbocycles. The Morgan fingerprint density at radius 1 is 1.19 bits per heavy atom. The summed E-state index contributed by atoms with van der Waals surface area (Å²) in [5, 5.41) is 21.6. The van der Waals surface area contributed by atoms with Gasteiger partial charge in [-0.15, -0.1) is 23.4 Å². The zero-order valence-electron chi connectivity index (χ0n) is 13.6. The summed E-state index contributed by atoms with van der Waals surface area (Å²) < 4.78 is 42.1. The van der Waals surface area contributed by atoms with E-state index in [4.69, 9.17) is 0 Å². The molecule has 10 heteroatoms. The molecular formula is C16H15F3N6O. The van der Waals surface area contributed by atoms with Gasteiger partial charge in [0.05, 0.1) is 5.69 Å². The van der Waals surface area contributed by atoms with Gasteiger partial charge in [-0.25, -0.2) is 0 Å². The summed E-state index contributed by atoms with van der Waals surface area (Å²) in [6.45, 7) is 0.724. The summed E-state index contributed by atoms with van der Waals surface area (Å²) in [6.07, 6.45) is -0.842. The molecule has 3 rings (SSSR count). The molecule has 1 N–H and O–H groups in total. The van der Waals surface area contributed by atoms with Crippen LogP contribution in [0.4, 0.5) is 18.9 Å². The van der Waals surface area contributed by atoms with Crippen molar-refractivity contribution in [2.75, 3.05) is 5.43 Å². The van der Waals surface area contributed by atoms with Gasteiger partial charge >= 0.3 is 6.36 Å². The summed E-state index contributed by atoms with van der Waals surface area (Å²) in [5.41, 5.74) is 3.11. The van der Waals surface area contributed by atoms with Crippen LogP contribution in [0.15, 0.2) is 29.4 Å². The molecule has 1 aliphatic heterocycles. The normalized spacial score (nSPS) is 14.9. The van der Waals surface area contributed by atoms with E-state index >= 15 is 0 Å². The van der Waals surface area contributed by atoms with Gasteiger partial charge in [-0.1, -0.05) is 6.42 Å². The van der Waals surface area contributed by atoms with E-state index in [-0.39, 0.29) is 11.5 Å². The number of ether oxygens (including phenoxy) is 1. The van der Waals surface area contributed by atoms with Crippen LogP contribution in [0.2, 0.25) is 0 Å². The molecular weight excluding hydrogens is 349 g/mol. The fourth-order valence-corrected chi connectivity index (χ4v) is 2.64. The molecule has 2 heterocycles. The van der Waals surface area contributed by atoms with Gasteiger partial charge in [0.25, 0.3) is 0 Å². The van der Waals surface area contributed by atoms with Crippen LogP contribution < -0.4 is 10.2 Å². The standard InChI is InChI=1S/C16H15F3N6O/c17-16(18,19)26-12-7-5-11(6-8-12)21-22-13(10-20)15-24-23-14-4-2-1-3-9-25(14)15/h5-8,21H,1-4,9H2/b22-13-. The summed E-state index contributed by atoms with van der Waals surface area (Å²) in [7, 11) is 0. The molecule has 0 amide bonds. The van der Waals surface area contributed by atoms with Gasteiger partial charge in [-0.2, -0.15) is 10.4 Å². The molecule has 1 aliphatic rings. The number of nitriles is 1. The maximum Gasteiger partial charge on any atom is 0.573 e. The van der Waals surface area contributed by atoms with Crippen molar-refractivity contribution in [1.29, 1.82) is 5.26 Å². The van der Waals surface area contributed by atoms with E-state index in [0.29, 0.717) is 11.5 Å². The number of nitrogens with zero attached hydrogens (tertiary/aromatic N) is 5. The predicted octanol–water partition coefficient (Wildman–Crippen LogP) is 3.24. The zero-order chi connectivity index (χ0) is 18.6. The lowest BCUT2D eigenvalue weighted by Gasteiger charge is -2.09. The van der Waals surface area contributed by atoms with E-state index in [1.807, 2.05) is 10.6 Å². The van der Waals surface area contributed by atoms with Crippen LogP contribution in [0.5, 0.6) is 5.75 Å². The van der Waals surface area contributed by atoms with Crippen molar-refractivity contribution < 1.29 is 17.9 Å². The Kier molecular flexibility index (Phi) is 5.06. The molecule has 0 spiro atoms. The lowest BCUT2D eigenvalue weighted by molar-refractivity contribution is -0.274. The van der Waals surface area contributed by atoms with Crippen molar-refractivity contribution in [1.82, 2.24) is 14.8 Å². The number of hydrogen-bond acceptors (Lipinski definition) is 6. The molecule has 0 saturated heterocycles. The lowest BCUT2D eigenvalue weighted by atomic mass is 10.2. The quantitative estimate of drug-likeness (QED) is 0.665. The molecule has 0 aliphatic carbocycles. The number of anilines is 1. The highest BCUT2D eigenvalue weighted by molar-refractivity contribution is 6.09. The number of aromatic nitrogens is 3. The molecule has 2 aromatic rings. The third-order valence-electron chi connectivity index (χ3n) is 3.81. The fraction of sp³-hybridized carbons (Fsp3) is 0.375. The number of alkyl halides is 3. The van der Waals surface area contributed by atoms with Gasteiger partial charge in [0.1, 0.15) is 17.6 Å². The molecule has 1 aromatic carbocycles. The van der Waals surface area contributed by atoms with E-state index in [2.05, 4.69) is 25.5 Å². The van der Waals surface area contributed by atoms with Crippen LogP contribution >= 0.6 is 0 Å². The van der Waals surface area contributed by atoms with Crippen molar-refractivity contribution in [2.24, 2.45) is 5.10 Å². The molecule has 26 heavy (non-hydrogen) atoms. The fourth-order valence-electron chi connectivity index (χ4n) is 2.64. The molecule has 7 nitrogen and oxygen atoms in total. The van der Waals surface area contributed by atoms with Crippen molar-refractivity contribution >= 4 is 11.4 Å². The second kappa shape index (κ2) is 7.43. The van der Waals surface area contributed by atoms with Crippen molar-refractivity contribution in [3.63, 3.8) is 0 Å². The van der Waals surface area contributed by atoms with Gasteiger partial charge in [0.2, 0.25) is 5.71 Å². The largest absolute Gasteiger partial charge is 0.573 e. The first kappa shape index (κ1) is 17.7. The SMILES string of the molecule is N#C/C(=N/Nc1ccc(OC(F)(F)F)cc1)c1nnc2n1CCCCC2. The maximum atomic E-state index is 12.2. The van der Waals surface area contributed by atoms with Gasteiger partial charge in [-0.05, 0) is 37.1 Å². The topological polar surface area (TPSA) is 88.1 Å². The molecule has 136 valence electrons. The molecule has 1 aromatic heterocycles. The number of hydrazone groups is 1. The highest BCUT2D eigenvalue weighted by Gasteiger charge is 2.30. The van der Waals surface area contributed by atoms with Gasteiger partial charge in [0.15, 0.2) is 5.82 Å². The van der Waals surface area contributed by atoms with E-state index in [9.17, 15) is 18.4 Å². The molecule has 0 atom stereocenters. The van der Waals surface area contributed by atoms with Crippen LogP contribution in [0.3, 0.4) is 0 Å². The Labute approximate surface area is 147 Å². The summed E-state index contributed by atoms with van der Waals surface area (Å²) in [5.74, 6) is 0.873. The Morgan fingerprint density at radius 2 is 1.96 bits per heavy atom. The number of aryl methyl sites for hydroxylation is 1. The number of fused-ring (bicyclic) bond motifs is 1. The molecule has 0 unspecified atom stereocenters. The zero-order valence-corrected chi connectivity index (χ0v) is 13.6. The Bertz CT molecular complexity index is 835. The highest BCUT2D eigenvalue weighted by atomic mass is 19.4. The minimum Gasteiger partial charge on any atom is -0.406 e. The summed E-state index contributed by atoms with van der Waals surface area (Å²) in [4.78, 5) is 0. The van der Waals surface area contributed by atoms with Gasteiger partial charge < -0.3 is 9.30 Å². The number of rotatable bonds is 4. The van der Waals surface area contributed by atoms with Crippen LogP contribution in [0, 0.1) is 11.3 Å². The van der Waals surface area contributed by atoms with Crippen LogP contribution in [-0.2, 0) is 13.0 Å². The van der Waals surface area contributed by atoms with E-state index in [0.717, 1.165) is 50.2 Å². The third-order valence-corrected chi connectivity index (χ3v) is 3.81. The number of halogens is 3. The minimum atomic E-state index is -4.74. The lowest BCUT2D eigenvalue weighted by Crippen LogP contribution is -2.17. The second-order valence-corrected chi connectivity index (χ2v) is 5.66. The molecule has 0 radical (unpaired) electrons. The average molecular weight is 364 g/mol. The van der Waals surface area contributed by atoms with E-state index < -0.39 is 6.36 Å². The average Bonchev–Trinajstić information content (AvgIpc) is 2.84. The Morgan fingerprint density at radius 3 is 2.65 bits per heavy atom. The van der Waals surface area contributed by atoms with Gasteiger partial charge in [-0.3, -0.25) is 5.43 Å². The van der Waals surface area contributed by atoms with E-state index in [1.54, 1.807) is 0 Å². The maximum absolute atomic E-state index is 12.2. The first-order chi connectivity index (χ1) is 12.5. The van der Waals surface area contributed by atoms with Crippen molar-refractivity contribution in [2.45, 2.75) is 38.6 Å². The molecule has 0 fully saturated rings. The van der Waals surface area contributed by atoms with Crippen LogP contribution in [0.25, 0.3) is 0 Å². The first-order valence-electron chi connectivity index (χ1n) is 7.98. The number of nitrogens with one attached hydrogen (secondary N) is 1. The van der Waals surface area contributed by atoms with Crippen LogP contribution in [0.1, 0.15) is 30.9 Å². The third kappa shape index (κ3) is 4.30. The summed E-state index contributed by atoms with van der Waals surface area (Å²) >= 11 is 0. The van der Waals surface area contributed by atoms with Crippen molar-refractivity contribution in [3.05, 3.63) is 35.9 Å².